The van der Waals surface area contributed by atoms with E-state index in [9.17, 15) is 4.39 Å². The van der Waals surface area contributed by atoms with Crippen molar-refractivity contribution in [2.75, 3.05) is 5.32 Å². The normalized spacial score (nSPS) is 12.1. The molecular weight excluding hydrogens is 267 g/mol. The lowest BCUT2D eigenvalue weighted by Gasteiger charge is -2.17. The fourth-order valence-electron chi connectivity index (χ4n) is 2.18. The molecule has 0 fully saturated rings. The largest absolute Gasteiger partial charge is 0.375 e. The third-order valence-electron chi connectivity index (χ3n) is 3.23. The van der Waals surface area contributed by atoms with E-state index >= 15 is 0 Å². The standard InChI is InChI=1S/C16H15FN4/c1-12(13-5-2-6-14(17)11-13)20-15-7-3-8-18-16(15)21-10-4-9-19-21/h2-12,20H,1H3. The summed E-state index contributed by atoms with van der Waals surface area (Å²) in [7, 11) is 0. The molecule has 0 aliphatic rings. The number of nitrogens with zero attached hydrogens (tertiary/aromatic N) is 3. The van der Waals surface area contributed by atoms with Gasteiger partial charge in [0.2, 0.25) is 0 Å². The third-order valence-corrected chi connectivity index (χ3v) is 3.23. The van der Waals surface area contributed by atoms with Crippen molar-refractivity contribution in [1.82, 2.24) is 14.8 Å². The van der Waals surface area contributed by atoms with Crippen LogP contribution in [0.5, 0.6) is 0 Å². The Morgan fingerprint density at radius 3 is 2.81 bits per heavy atom. The Bertz CT molecular complexity index is 725. The van der Waals surface area contributed by atoms with E-state index in [4.69, 9.17) is 0 Å². The van der Waals surface area contributed by atoms with Gasteiger partial charge in [-0.25, -0.2) is 14.1 Å². The van der Waals surface area contributed by atoms with Crippen molar-refractivity contribution in [1.29, 1.82) is 0 Å². The summed E-state index contributed by atoms with van der Waals surface area (Å²) in [5.74, 6) is 0.477. The molecule has 2 heterocycles. The smallest absolute Gasteiger partial charge is 0.176 e. The molecular formula is C16H15FN4. The molecule has 1 atom stereocenters. The molecule has 2 aromatic heterocycles. The van der Waals surface area contributed by atoms with Crippen molar-refractivity contribution in [3.8, 4) is 5.82 Å². The first-order chi connectivity index (χ1) is 10.2. The lowest BCUT2D eigenvalue weighted by molar-refractivity contribution is 0.623. The van der Waals surface area contributed by atoms with Crippen LogP contribution in [-0.2, 0) is 0 Å². The second-order valence-corrected chi connectivity index (χ2v) is 4.75. The summed E-state index contributed by atoms with van der Waals surface area (Å²) in [5.41, 5.74) is 1.73. The van der Waals surface area contributed by atoms with Crippen molar-refractivity contribution >= 4 is 5.69 Å². The fourth-order valence-corrected chi connectivity index (χ4v) is 2.18. The third kappa shape index (κ3) is 2.91. The number of rotatable bonds is 4. The molecule has 4 nitrogen and oxygen atoms in total. The average Bonchev–Trinajstić information content (AvgIpc) is 3.02. The maximum atomic E-state index is 13.3. The second-order valence-electron chi connectivity index (χ2n) is 4.75. The van der Waals surface area contributed by atoms with E-state index in [1.165, 1.54) is 12.1 Å². The van der Waals surface area contributed by atoms with Gasteiger partial charge in [0.25, 0.3) is 0 Å². The number of halogens is 1. The van der Waals surface area contributed by atoms with Gasteiger partial charge < -0.3 is 5.32 Å². The lowest BCUT2D eigenvalue weighted by Crippen LogP contribution is -2.10. The molecule has 0 spiro atoms. The van der Waals surface area contributed by atoms with Crippen molar-refractivity contribution < 1.29 is 4.39 Å². The van der Waals surface area contributed by atoms with Crippen LogP contribution in [0.3, 0.4) is 0 Å². The van der Waals surface area contributed by atoms with E-state index in [-0.39, 0.29) is 11.9 Å². The molecule has 0 saturated heterocycles. The topological polar surface area (TPSA) is 42.7 Å². The predicted molar refractivity (Wildman–Crippen MR) is 79.8 cm³/mol. The van der Waals surface area contributed by atoms with E-state index in [2.05, 4.69) is 15.4 Å². The first-order valence-electron chi connectivity index (χ1n) is 6.71. The maximum Gasteiger partial charge on any atom is 0.176 e. The van der Waals surface area contributed by atoms with Gasteiger partial charge in [-0.05, 0) is 42.8 Å². The quantitative estimate of drug-likeness (QED) is 0.795. The summed E-state index contributed by atoms with van der Waals surface area (Å²) in [6, 6.07) is 12.2. The average molecular weight is 282 g/mol. The zero-order chi connectivity index (χ0) is 14.7. The number of aromatic nitrogens is 3. The molecule has 0 bridgehead atoms. The van der Waals surface area contributed by atoms with E-state index in [1.54, 1.807) is 23.1 Å². The van der Waals surface area contributed by atoms with E-state index in [1.807, 2.05) is 37.4 Å². The first-order valence-corrected chi connectivity index (χ1v) is 6.71. The molecule has 0 radical (unpaired) electrons. The van der Waals surface area contributed by atoms with Crippen molar-refractivity contribution in [2.24, 2.45) is 0 Å². The number of hydrogen-bond donors (Lipinski definition) is 1. The number of anilines is 1. The van der Waals surface area contributed by atoms with Gasteiger partial charge >= 0.3 is 0 Å². The van der Waals surface area contributed by atoms with Crippen LogP contribution < -0.4 is 5.32 Å². The van der Waals surface area contributed by atoms with Gasteiger partial charge in [0.15, 0.2) is 5.82 Å². The molecule has 0 amide bonds. The molecule has 5 heteroatoms. The maximum absolute atomic E-state index is 13.3. The Morgan fingerprint density at radius 1 is 1.14 bits per heavy atom. The second kappa shape index (κ2) is 5.75. The zero-order valence-electron chi connectivity index (χ0n) is 11.6. The summed E-state index contributed by atoms with van der Waals surface area (Å²) in [5, 5.41) is 7.55. The van der Waals surface area contributed by atoms with Gasteiger partial charge in [-0.3, -0.25) is 0 Å². The van der Waals surface area contributed by atoms with E-state index in [0.29, 0.717) is 5.82 Å². The SMILES string of the molecule is CC(Nc1cccnc1-n1cccn1)c1cccc(F)c1. The highest BCUT2D eigenvalue weighted by atomic mass is 19.1. The molecule has 3 rings (SSSR count). The molecule has 1 unspecified atom stereocenters. The monoisotopic (exact) mass is 282 g/mol. The van der Waals surface area contributed by atoms with Crippen LogP contribution in [0.4, 0.5) is 10.1 Å². The van der Waals surface area contributed by atoms with Crippen LogP contribution in [0, 0.1) is 5.82 Å². The van der Waals surface area contributed by atoms with Crippen molar-refractivity contribution in [3.63, 3.8) is 0 Å². The van der Waals surface area contributed by atoms with Gasteiger partial charge in [0.1, 0.15) is 5.82 Å². The summed E-state index contributed by atoms with van der Waals surface area (Å²) < 4.78 is 15.0. The molecule has 0 aliphatic heterocycles. The van der Waals surface area contributed by atoms with Crippen LogP contribution in [0.25, 0.3) is 5.82 Å². The number of pyridine rings is 1. The predicted octanol–water partition coefficient (Wildman–Crippen LogP) is 3.58. The van der Waals surface area contributed by atoms with Crippen LogP contribution >= 0.6 is 0 Å². The lowest BCUT2D eigenvalue weighted by atomic mass is 10.1. The molecule has 0 aliphatic carbocycles. The summed E-state index contributed by atoms with van der Waals surface area (Å²) >= 11 is 0. The zero-order valence-corrected chi connectivity index (χ0v) is 11.6. The minimum atomic E-state index is -0.236. The van der Waals surface area contributed by atoms with Gasteiger partial charge in [-0.15, -0.1) is 0 Å². The summed E-state index contributed by atoms with van der Waals surface area (Å²) in [4.78, 5) is 4.35. The molecule has 21 heavy (non-hydrogen) atoms. The summed E-state index contributed by atoms with van der Waals surface area (Å²) in [6.07, 6.45) is 5.25. The highest BCUT2D eigenvalue weighted by Gasteiger charge is 2.11. The fraction of sp³-hybridized carbons (Fsp3) is 0.125. The first kappa shape index (κ1) is 13.3. The number of nitrogens with one attached hydrogen (secondary N) is 1. The number of benzene rings is 1. The van der Waals surface area contributed by atoms with Gasteiger partial charge in [0, 0.05) is 24.6 Å². The molecule has 106 valence electrons. The minimum absolute atomic E-state index is 0.0424. The minimum Gasteiger partial charge on any atom is -0.375 e. The van der Waals surface area contributed by atoms with Crippen molar-refractivity contribution in [2.45, 2.75) is 13.0 Å². The molecule has 3 aromatic rings. The Hall–Kier alpha value is -2.69. The van der Waals surface area contributed by atoms with Crippen LogP contribution in [-0.4, -0.2) is 14.8 Å². The van der Waals surface area contributed by atoms with Gasteiger partial charge in [-0.2, -0.15) is 5.10 Å². The van der Waals surface area contributed by atoms with Crippen LogP contribution in [0.15, 0.2) is 61.1 Å². The molecule has 1 aromatic carbocycles. The Morgan fingerprint density at radius 2 is 2.05 bits per heavy atom. The van der Waals surface area contributed by atoms with Gasteiger partial charge in [-0.1, -0.05) is 12.1 Å². The van der Waals surface area contributed by atoms with Crippen LogP contribution in [0.2, 0.25) is 0 Å². The molecule has 1 N–H and O–H groups in total. The highest BCUT2D eigenvalue weighted by molar-refractivity contribution is 5.57. The Balaban J connectivity index is 1.88. The van der Waals surface area contributed by atoms with Gasteiger partial charge in [0.05, 0.1) is 5.69 Å². The molecule has 0 saturated carbocycles. The number of hydrogen-bond acceptors (Lipinski definition) is 3. The highest BCUT2D eigenvalue weighted by Crippen LogP contribution is 2.23. The Kier molecular flexibility index (Phi) is 3.64. The van der Waals surface area contributed by atoms with Crippen LogP contribution in [0.1, 0.15) is 18.5 Å². The Labute approximate surface area is 122 Å². The van der Waals surface area contributed by atoms with Crippen molar-refractivity contribution in [3.05, 3.63) is 72.4 Å². The summed E-state index contributed by atoms with van der Waals surface area (Å²) in [6.45, 7) is 1.98. The van der Waals surface area contributed by atoms with E-state index < -0.39 is 0 Å². The van der Waals surface area contributed by atoms with E-state index in [0.717, 1.165) is 11.3 Å².